The fraction of sp³-hybridized carbons (Fsp3) is 0.500. The smallest absolute Gasteiger partial charge is 0.312 e. The number of carbonyl (C=O) groups is 3. The van der Waals surface area contributed by atoms with Crippen molar-refractivity contribution >= 4 is 40.3 Å². The molecule has 7 rings (SSSR count). The first-order chi connectivity index (χ1) is 32.5. The van der Waals surface area contributed by atoms with Crippen molar-refractivity contribution in [2.24, 2.45) is 28.8 Å². The van der Waals surface area contributed by atoms with Crippen LogP contribution in [0.25, 0.3) is 10.8 Å². The number of aliphatic hydroxyl groups is 2. The van der Waals surface area contributed by atoms with Gasteiger partial charge in [-0.3, -0.25) is 24.3 Å². The molecule has 0 saturated carbocycles. The first-order valence-electron chi connectivity index (χ1n) is 23.3. The lowest BCUT2D eigenvalue weighted by Crippen LogP contribution is -2.54. The Hall–Kier alpha value is -6.14. The number of ether oxygens (including phenoxy) is 5. The molecule has 0 aromatic heterocycles. The number of nitrogens with one attached hydrogen (secondary N) is 1. The number of hydrazone groups is 1. The summed E-state index contributed by atoms with van der Waals surface area (Å²) in [6.07, 6.45) is 4.84. The lowest BCUT2D eigenvalue weighted by Gasteiger charge is -2.42. The van der Waals surface area contributed by atoms with Crippen LogP contribution < -0.4 is 14.8 Å². The molecule has 4 aliphatic heterocycles. The normalized spacial score (nSPS) is 31.2. The summed E-state index contributed by atoms with van der Waals surface area (Å²) in [6.45, 7) is 18.5. The van der Waals surface area contributed by atoms with Crippen LogP contribution >= 0.6 is 0 Å². The second-order valence-corrected chi connectivity index (χ2v) is 19.0. The van der Waals surface area contributed by atoms with Gasteiger partial charge in [-0.25, -0.2) is 0 Å². The molecule has 0 radical (unpaired) electrons. The van der Waals surface area contributed by atoms with Gasteiger partial charge in [0.05, 0.1) is 72.2 Å². The number of anilines is 1. The molecule has 1 fully saturated rings. The molecule has 11 atom stereocenters. The van der Waals surface area contributed by atoms with Crippen LogP contribution in [0, 0.1) is 30.6 Å². The van der Waals surface area contributed by atoms with E-state index in [1.165, 1.54) is 59.4 Å². The van der Waals surface area contributed by atoms with Gasteiger partial charge < -0.3 is 54.5 Å². The average Bonchev–Trinajstić information content (AvgIpc) is 3.57. The highest BCUT2D eigenvalue weighted by Gasteiger charge is 2.50. The topological polar surface area (TPSA) is 229 Å². The molecule has 0 aliphatic carbocycles. The number of aliphatic hydroxyl groups excluding tert-OH is 2. The van der Waals surface area contributed by atoms with Gasteiger partial charge in [0, 0.05) is 80.8 Å². The number of benzene rings is 3. The minimum atomic E-state index is -2.07. The zero-order valence-electron chi connectivity index (χ0n) is 41.5. The Morgan fingerprint density at radius 1 is 0.899 bits per heavy atom. The molecule has 0 spiro atoms. The summed E-state index contributed by atoms with van der Waals surface area (Å²) in [6, 6.07) is 7.62. The van der Waals surface area contributed by atoms with Crippen molar-refractivity contribution < 1.29 is 63.6 Å². The molecule has 1 amide bonds. The molecule has 5 bridgehead atoms. The SMILES string of the molecule is COc1ccc(CN2CC(C)N(/N=C/c3c4c(O)c5c(O)c(C)c6c(c5c3O)C(=O)C(C)(O/C=C/C(OC)C(C)C(OC(C)=O)C(C)C(O)C(C)C(O)C(C)/C=C/C=C(/C)C(=O)N4)O6)C(C)C2)cc1. The fourth-order valence-electron chi connectivity index (χ4n) is 9.77. The summed E-state index contributed by atoms with van der Waals surface area (Å²) < 4.78 is 29.1. The first kappa shape index (κ1) is 52.2. The van der Waals surface area contributed by atoms with Crippen LogP contribution in [-0.2, 0) is 30.3 Å². The summed E-state index contributed by atoms with van der Waals surface area (Å²) in [5.74, 6) is -7.76. The number of rotatable bonds is 7. The van der Waals surface area contributed by atoms with E-state index in [1.807, 2.05) is 43.1 Å². The van der Waals surface area contributed by atoms with E-state index in [1.54, 1.807) is 47.0 Å². The number of Topliss-reactive ketones (excluding diaryl/α,β-unsaturated/α-hetero) is 1. The van der Waals surface area contributed by atoms with Crippen molar-refractivity contribution in [3.05, 3.63) is 82.7 Å². The number of hydrogen-bond donors (Lipinski definition) is 6. The molecule has 6 N–H and O–H groups in total. The molecular formula is C52H68N4O13. The Kier molecular flexibility index (Phi) is 16.1. The number of phenols is 3. The Morgan fingerprint density at radius 2 is 1.55 bits per heavy atom. The number of amides is 1. The molecule has 1 saturated heterocycles. The van der Waals surface area contributed by atoms with Crippen LogP contribution in [0.3, 0.4) is 0 Å². The lowest BCUT2D eigenvalue weighted by atomic mass is 9.78. The number of fused-ring (bicyclic) bond motifs is 14. The molecule has 17 nitrogen and oxygen atoms in total. The fourth-order valence-corrected chi connectivity index (χ4v) is 9.77. The van der Waals surface area contributed by atoms with E-state index in [-0.39, 0.29) is 56.6 Å². The van der Waals surface area contributed by atoms with Gasteiger partial charge >= 0.3 is 11.8 Å². The number of piperazine rings is 1. The number of esters is 1. The van der Waals surface area contributed by atoms with Gasteiger partial charge in [0.2, 0.25) is 0 Å². The van der Waals surface area contributed by atoms with E-state index in [2.05, 4.69) is 10.2 Å². The van der Waals surface area contributed by atoms with Crippen molar-refractivity contribution in [3.63, 3.8) is 0 Å². The summed E-state index contributed by atoms with van der Waals surface area (Å²) >= 11 is 0. The molecule has 4 aliphatic rings. The van der Waals surface area contributed by atoms with Crippen LogP contribution in [0.4, 0.5) is 5.69 Å². The number of ketones is 1. The van der Waals surface area contributed by atoms with Gasteiger partial charge in [-0.2, -0.15) is 5.10 Å². The first-order valence-corrected chi connectivity index (χ1v) is 23.3. The number of methoxy groups -OCH3 is 2. The van der Waals surface area contributed by atoms with Gasteiger partial charge in [-0.1, -0.05) is 58.1 Å². The monoisotopic (exact) mass is 956 g/mol. The van der Waals surface area contributed by atoms with Gasteiger partial charge in [0.25, 0.3) is 11.7 Å². The molecule has 69 heavy (non-hydrogen) atoms. The molecule has 4 heterocycles. The Morgan fingerprint density at radius 3 is 2.16 bits per heavy atom. The minimum absolute atomic E-state index is 0.0446. The molecule has 3 aromatic carbocycles. The standard InChI is InChI=1S/C52H68N4O13/c1-26-14-13-15-27(2)51(64)54-42-37(22-53-56-28(3)23-55(24-29(56)4)25-35-16-18-36(65-11)19-17-35)46(61)39-40(47(42)62)45(60)33(8)49-41(39)50(63)52(10,69-49)67-21-20-38(66-12)30(5)48(68-34(9)57)32(7)44(59)31(6)43(26)58/h13-22,26,28-32,38,43-44,48,58-62H,23-25H2,1-12H3,(H,54,64)/b14-13+,21-20+,27-15-,53-22+. The third-order valence-corrected chi connectivity index (χ3v) is 13.9. The lowest BCUT2D eigenvalue weighted by molar-refractivity contribution is -0.160. The predicted molar refractivity (Wildman–Crippen MR) is 260 cm³/mol. The number of carbonyl (C=O) groups excluding carboxylic acids is 3. The molecule has 374 valence electrons. The second kappa shape index (κ2) is 21.2. The molecular weight excluding hydrogens is 889 g/mol. The average molecular weight is 957 g/mol. The van der Waals surface area contributed by atoms with E-state index in [0.29, 0.717) is 19.6 Å². The molecule has 11 unspecified atom stereocenters. The highest BCUT2D eigenvalue weighted by atomic mass is 16.7. The van der Waals surface area contributed by atoms with Gasteiger partial charge in [-0.15, -0.1) is 0 Å². The highest BCUT2D eigenvalue weighted by Crippen LogP contribution is 2.55. The maximum absolute atomic E-state index is 14.7. The third kappa shape index (κ3) is 10.6. The highest BCUT2D eigenvalue weighted by molar-refractivity contribution is 6.23. The van der Waals surface area contributed by atoms with Gasteiger partial charge in [0.15, 0.2) is 5.75 Å². The number of phenolic OH excluding ortho intramolecular Hbond substituents is 3. The van der Waals surface area contributed by atoms with Crippen LogP contribution in [0.1, 0.15) is 89.4 Å². The predicted octanol–water partition coefficient (Wildman–Crippen LogP) is 6.69. The molecule has 17 heteroatoms. The summed E-state index contributed by atoms with van der Waals surface area (Å²) in [4.78, 5) is 43.4. The zero-order valence-corrected chi connectivity index (χ0v) is 41.5. The van der Waals surface area contributed by atoms with E-state index in [9.17, 15) is 39.9 Å². The third-order valence-electron chi connectivity index (χ3n) is 13.9. The maximum atomic E-state index is 14.7. The number of aromatic hydroxyl groups is 3. The molecule has 3 aromatic rings. The van der Waals surface area contributed by atoms with E-state index in [0.717, 1.165) is 11.3 Å². The Balaban J connectivity index is 1.47. The van der Waals surface area contributed by atoms with E-state index < -0.39 is 88.8 Å². The van der Waals surface area contributed by atoms with Crippen LogP contribution in [0.5, 0.6) is 28.7 Å². The van der Waals surface area contributed by atoms with Crippen LogP contribution in [0.2, 0.25) is 0 Å². The van der Waals surface area contributed by atoms with Gasteiger partial charge in [0.1, 0.15) is 29.1 Å². The largest absolute Gasteiger partial charge is 0.507 e. The quantitative estimate of drug-likeness (QED) is 0.0627. The Bertz CT molecular complexity index is 2530. The maximum Gasteiger partial charge on any atom is 0.312 e. The second-order valence-electron chi connectivity index (χ2n) is 19.0. The van der Waals surface area contributed by atoms with Crippen molar-refractivity contribution in [1.82, 2.24) is 9.91 Å². The summed E-state index contributed by atoms with van der Waals surface area (Å²) in [7, 11) is 3.06. The van der Waals surface area contributed by atoms with Crippen molar-refractivity contribution in [3.8, 4) is 28.7 Å². The van der Waals surface area contributed by atoms with E-state index >= 15 is 0 Å². The summed E-state index contributed by atoms with van der Waals surface area (Å²) in [5, 5.41) is 68.2. The number of allylic oxidation sites excluding steroid dienone is 2. The summed E-state index contributed by atoms with van der Waals surface area (Å²) in [5.41, 5.74) is 0.686. The number of nitrogens with zero attached hydrogens (tertiary/aromatic N) is 3. The minimum Gasteiger partial charge on any atom is -0.507 e. The zero-order chi connectivity index (χ0) is 50.8. The van der Waals surface area contributed by atoms with Crippen LogP contribution in [0.15, 0.2) is 65.5 Å². The van der Waals surface area contributed by atoms with Crippen molar-refractivity contribution in [2.45, 2.75) is 118 Å². The number of hydrogen-bond acceptors (Lipinski definition) is 16. The Labute approximate surface area is 403 Å². The van der Waals surface area contributed by atoms with Crippen LogP contribution in [-0.4, -0.2) is 129 Å². The van der Waals surface area contributed by atoms with Crippen molar-refractivity contribution in [1.29, 1.82) is 0 Å². The van der Waals surface area contributed by atoms with Gasteiger partial charge in [-0.05, 0) is 51.5 Å². The van der Waals surface area contributed by atoms with Crippen molar-refractivity contribution in [2.75, 3.05) is 32.6 Å². The van der Waals surface area contributed by atoms with E-state index in [4.69, 9.17) is 28.8 Å².